The third-order valence-electron chi connectivity index (χ3n) is 3.56. The summed E-state index contributed by atoms with van der Waals surface area (Å²) in [5.41, 5.74) is 0. The number of halogens is 2. The highest BCUT2D eigenvalue weighted by Crippen LogP contribution is 2.29. The van der Waals surface area contributed by atoms with Crippen molar-refractivity contribution in [2.75, 3.05) is 18.0 Å². The van der Waals surface area contributed by atoms with Gasteiger partial charge in [-0.05, 0) is 28.1 Å². The molecule has 0 atom stereocenters. The monoisotopic (exact) mass is 365 g/mol. The minimum atomic E-state index is -0.317. The van der Waals surface area contributed by atoms with Crippen molar-refractivity contribution in [1.29, 1.82) is 5.26 Å². The summed E-state index contributed by atoms with van der Waals surface area (Å²) in [7, 11) is 0. The molecule has 0 bridgehead atoms. The van der Waals surface area contributed by atoms with Crippen LogP contribution < -0.4 is 9.64 Å². The van der Waals surface area contributed by atoms with Gasteiger partial charge in [-0.3, -0.25) is 0 Å². The highest BCUT2D eigenvalue weighted by molar-refractivity contribution is 9.10. The number of nitriles is 1. The largest absolute Gasteiger partial charge is 0.489 e. The molecular weight excluding hydrogens is 353 g/mol. The second-order valence-electron chi connectivity index (χ2n) is 5.04. The second-order valence-corrected chi connectivity index (χ2v) is 5.89. The van der Waals surface area contributed by atoms with Crippen molar-refractivity contribution >= 4 is 21.7 Å². The van der Waals surface area contributed by atoms with E-state index in [0.29, 0.717) is 11.6 Å². The van der Waals surface area contributed by atoms with E-state index in [2.05, 4.69) is 21.1 Å². The maximum Gasteiger partial charge on any atom is 0.238 e. The Labute approximate surface area is 135 Å². The number of hydrogen-bond acceptors (Lipinski definition) is 5. The Kier molecular flexibility index (Phi) is 4.29. The molecule has 1 saturated heterocycles. The van der Waals surface area contributed by atoms with Gasteiger partial charge in [0.05, 0.1) is 4.47 Å². The molecular formula is C15H13BrFN3O2. The van der Waals surface area contributed by atoms with Crippen LogP contribution in [0, 0.1) is 17.1 Å². The van der Waals surface area contributed by atoms with E-state index in [1.54, 1.807) is 12.1 Å². The summed E-state index contributed by atoms with van der Waals surface area (Å²) in [5, 5.41) is 12.6. The lowest BCUT2D eigenvalue weighted by molar-refractivity contribution is 0.168. The number of nitrogens with zero attached hydrogens (tertiary/aromatic N) is 3. The van der Waals surface area contributed by atoms with Crippen LogP contribution in [-0.2, 0) is 0 Å². The van der Waals surface area contributed by atoms with Gasteiger partial charge in [-0.1, -0.05) is 5.16 Å². The van der Waals surface area contributed by atoms with Crippen molar-refractivity contribution in [2.24, 2.45) is 0 Å². The first-order chi connectivity index (χ1) is 10.7. The summed E-state index contributed by atoms with van der Waals surface area (Å²) < 4.78 is 24.8. The van der Waals surface area contributed by atoms with Crippen molar-refractivity contribution in [1.82, 2.24) is 5.16 Å². The van der Waals surface area contributed by atoms with Crippen LogP contribution in [-0.4, -0.2) is 24.4 Å². The Hall–Kier alpha value is -2.07. The molecule has 1 aliphatic heterocycles. The van der Waals surface area contributed by atoms with Gasteiger partial charge in [0.15, 0.2) is 5.82 Å². The first-order valence-electron chi connectivity index (χ1n) is 6.89. The van der Waals surface area contributed by atoms with E-state index >= 15 is 0 Å². The molecule has 0 amide bonds. The second kappa shape index (κ2) is 6.36. The van der Waals surface area contributed by atoms with Crippen LogP contribution in [0.1, 0.15) is 18.6 Å². The lowest BCUT2D eigenvalue weighted by Crippen LogP contribution is -2.38. The van der Waals surface area contributed by atoms with Gasteiger partial charge in [-0.15, -0.1) is 0 Å². The normalized spacial score (nSPS) is 15.6. The number of aromatic nitrogens is 1. The van der Waals surface area contributed by atoms with E-state index < -0.39 is 0 Å². The van der Waals surface area contributed by atoms with Crippen molar-refractivity contribution < 1.29 is 13.7 Å². The number of anilines is 1. The number of rotatable bonds is 3. The molecule has 0 unspecified atom stereocenters. The molecule has 2 aromatic rings. The van der Waals surface area contributed by atoms with Crippen molar-refractivity contribution in [3.05, 3.63) is 40.3 Å². The molecule has 0 saturated carbocycles. The Morgan fingerprint density at radius 3 is 2.82 bits per heavy atom. The van der Waals surface area contributed by atoms with E-state index in [1.807, 2.05) is 11.0 Å². The van der Waals surface area contributed by atoms with E-state index in [9.17, 15) is 4.39 Å². The minimum Gasteiger partial charge on any atom is -0.489 e. The Morgan fingerprint density at radius 1 is 1.36 bits per heavy atom. The molecule has 3 rings (SSSR count). The van der Waals surface area contributed by atoms with Crippen LogP contribution in [0.15, 0.2) is 33.3 Å². The number of benzene rings is 1. The molecule has 5 nitrogen and oxygen atoms in total. The van der Waals surface area contributed by atoms with E-state index in [4.69, 9.17) is 14.5 Å². The summed E-state index contributed by atoms with van der Waals surface area (Å²) in [6, 6.07) is 7.95. The van der Waals surface area contributed by atoms with E-state index in [-0.39, 0.29) is 17.7 Å². The molecule has 0 radical (unpaired) electrons. The van der Waals surface area contributed by atoms with Gasteiger partial charge in [-0.2, -0.15) is 5.26 Å². The van der Waals surface area contributed by atoms with Crippen LogP contribution in [0.4, 0.5) is 10.2 Å². The van der Waals surface area contributed by atoms with Gasteiger partial charge in [0.2, 0.25) is 5.76 Å². The molecule has 0 N–H and O–H groups in total. The summed E-state index contributed by atoms with van der Waals surface area (Å²) in [4.78, 5) is 2.05. The summed E-state index contributed by atoms with van der Waals surface area (Å²) in [6.07, 6.45) is 1.60. The molecule has 1 fully saturated rings. The van der Waals surface area contributed by atoms with Crippen molar-refractivity contribution in [3.63, 3.8) is 0 Å². The van der Waals surface area contributed by atoms with Crippen molar-refractivity contribution in [2.45, 2.75) is 18.9 Å². The number of hydrogen-bond donors (Lipinski definition) is 0. The SMILES string of the molecule is N#Cc1cc(N2CCC(Oc3cc(F)ccc3Br)CC2)no1. The van der Waals surface area contributed by atoms with Crippen LogP contribution in [0.2, 0.25) is 0 Å². The molecule has 7 heteroatoms. The zero-order valence-electron chi connectivity index (χ0n) is 11.6. The van der Waals surface area contributed by atoms with Crippen LogP contribution in [0.25, 0.3) is 0 Å². The predicted molar refractivity (Wildman–Crippen MR) is 81.2 cm³/mol. The predicted octanol–water partition coefficient (Wildman–Crippen LogP) is 3.50. The minimum absolute atomic E-state index is 0.0247. The van der Waals surface area contributed by atoms with Gasteiger partial charge in [0.1, 0.15) is 23.7 Å². The zero-order chi connectivity index (χ0) is 15.5. The Bertz CT molecular complexity index is 705. The van der Waals surface area contributed by atoms with Crippen LogP contribution >= 0.6 is 15.9 Å². The fourth-order valence-electron chi connectivity index (χ4n) is 2.42. The molecule has 1 aromatic carbocycles. The maximum absolute atomic E-state index is 13.3. The van der Waals surface area contributed by atoms with Gasteiger partial charge in [-0.25, -0.2) is 4.39 Å². The molecule has 2 heterocycles. The van der Waals surface area contributed by atoms with Crippen LogP contribution in [0.5, 0.6) is 5.75 Å². The zero-order valence-corrected chi connectivity index (χ0v) is 13.2. The highest BCUT2D eigenvalue weighted by atomic mass is 79.9. The molecule has 1 aliphatic rings. The molecule has 0 spiro atoms. The third kappa shape index (κ3) is 3.22. The van der Waals surface area contributed by atoms with Gasteiger partial charge in [0.25, 0.3) is 0 Å². The quantitative estimate of drug-likeness (QED) is 0.832. The first kappa shape index (κ1) is 14.9. The standard InChI is InChI=1S/C15H13BrFN3O2/c16-13-2-1-10(17)7-14(13)21-11-3-5-20(6-4-11)15-8-12(9-18)22-19-15/h1-2,7-8,11H,3-6H2. The fraction of sp³-hybridized carbons (Fsp3) is 0.333. The fourth-order valence-corrected chi connectivity index (χ4v) is 2.76. The molecule has 22 heavy (non-hydrogen) atoms. The molecule has 1 aromatic heterocycles. The number of ether oxygens (including phenoxy) is 1. The topological polar surface area (TPSA) is 62.3 Å². The Morgan fingerprint density at radius 2 is 2.14 bits per heavy atom. The third-order valence-corrected chi connectivity index (χ3v) is 4.22. The molecule has 114 valence electrons. The summed E-state index contributed by atoms with van der Waals surface area (Å²) in [5.74, 6) is 1.08. The van der Waals surface area contributed by atoms with Gasteiger partial charge in [0, 0.05) is 38.1 Å². The van der Waals surface area contributed by atoms with Gasteiger partial charge >= 0.3 is 0 Å². The highest BCUT2D eigenvalue weighted by Gasteiger charge is 2.23. The lowest BCUT2D eigenvalue weighted by Gasteiger charge is -2.32. The lowest BCUT2D eigenvalue weighted by atomic mass is 10.1. The average molecular weight is 366 g/mol. The van der Waals surface area contributed by atoms with Crippen molar-refractivity contribution in [3.8, 4) is 11.8 Å². The Balaban J connectivity index is 1.60. The summed E-state index contributed by atoms with van der Waals surface area (Å²) >= 11 is 3.36. The van der Waals surface area contributed by atoms with E-state index in [0.717, 1.165) is 30.4 Å². The summed E-state index contributed by atoms with van der Waals surface area (Å²) in [6.45, 7) is 1.49. The first-order valence-corrected chi connectivity index (χ1v) is 7.68. The molecule has 0 aliphatic carbocycles. The van der Waals surface area contributed by atoms with Gasteiger partial charge < -0.3 is 14.2 Å². The smallest absolute Gasteiger partial charge is 0.238 e. The number of piperidine rings is 1. The maximum atomic E-state index is 13.3. The average Bonchev–Trinajstić information content (AvgIpc) is 3.01. The van der Waals surface area contributed by atoms with E-state index in [1.165, 1.54) is 12.1 Å². The van der Waals surface area contributed by atoms with Crippen LogP contribution in [0.3, 0.4) is 0 Å².